The molecule has 1 saturated carbocycles. The van der Waals surface area contributed by atoms with Crippen molar-refractivity contribution >= 4 is 22.5 Å². The number of hydrogen-bond acceptors (Lipinski definition) is 3. The number of carbonyl (C=O) groups is 1. The summed E-state index contributed by atoms with van der Waals surface area (Å²) in [6.07, 6.45) is 10.1. The average molecular weight is 543 g/mol. The summed E-state index contributed by atoms with van der Waals surface area (Å²) in [5.74, 6) is -0.00785. The number of amides is 1. The third kappa shape index (κ3) is 5.62. The maximum atomic E-state index is 14.4. The van der Waals surface area contributed by atoms with E-state index in [9.17, 15) is 4.79 Å². The SMILES string of the molecule is CC(Cc1c[nH]c2ccccc12)(Nc1ccccc1-c1ccccc1)C(=O)NCC1(c2ccccn2)CCCCC1. The Morgan fingerprint density at radius 2 is 1.61 bits per heavy atom. The molecule has 2 aromatic heterocycles. The number of aromatic nitrogens is 2. The molecule has 0 saturated heterocycles. The first-order valence-electron chi connectivity index (χ1n) is 14.7. The minimum atomic E-state index is -0.907. The van der Waals surface area contributed by atoms with Crippen LogP contribution in [0.25, 0.3) is 22.0 Å². The fourth-order valence-electron chi connectivity index (χ4n) is 6.47. The van der Waals surface area contributed by atoms with Gasteiger partial charge < -0.3 is 15.6 Å². The van der Waals surface area contributed by atoms with Crippen LogP contribution in [0.1, 0.15) is 50.3 Å². The Balaban J connectivity index is 1.34. The summed E-state index contributed by atoms with van der Waals surface area (Å²) in [5.41, 5.74) is 5.35. The van der Waals surface area contributed by atoms with Crippen LogP contribution in [0, 0.1) is 0 Å². The van der Waals surface area contributed by atoms with Crippen molar-refractivity contribution < 1.29 is 4.79 Å². The molecule has 41 heavy (non-hydrogen) atoms. The average Bonchev–Trinajstić information content (AvgIpc) is 3.43. The van der Waals surface area contributed by atoms with E-state index in [1.807, 2.05) is 61.8 Å². The van der Waals surface area contributed by atoms with Gasteiger partial charge in [0.05, 0.1) is 0 Å². The first kappa shape index (κ1) is 26.8. The lowest BCUT2D eigenvalue weighted by Crippen LogP contribution is -2.55. The molecule has 0 spiro atoms. The number of fused-ring (bicyclic) bond motifs is 1. The second-order valence-corrected chi connectivity index (χ2v) is 11.6. The second kappa shape index (κ2) is 11.6. The van der Waals surface area contributed by atoms with E-state index in [0.29, 0.717) is 13.0 Å². The minimum absolute atomic E-state index is 0.00785. The molecule has 0 aliphatic heterocycles. The molecule has 0 radical (unpaired) electrons. The molecule has 1 aliphatic rings. The van der Waals surface area contributed by atoms with Gasteiger partial charge >= 0.3 is 0 Å². The van der Waals surface area contributed by atoms with Crippen LogP contribution in [0.3, 0.4) is 0 Å². The molecule has 3 N–H and O–H groups in total. The smallest absolute Gasteiger partial charge is 0.245 e. The molecule has 5 nitrogen and oxygen atoms in total. The van der Waals surface area contributed by atoms with Gasteiger partial charge in [-0.25, -0.2) is 0 Å². The Labute approximate surface area is 242 Å². The number of para-hydroxylation sites is 2. The number of carbonyl (C=O) groups excluding carboxylic acids is 1. The third-order valence-electron chi connectivity index (χ3n) is 8.75. The van der Waals surface area contributed by atoms with Crippen molar-refractivity contribution in [2.75, 3.05) is 11.9 Å². The summed E-state index contributed by atoms with van der Waals surface area (Å²) < 4.78 is 0. The van der Waals surface area contributed by atoms with Gasteiger partial charge in [0.2, 0.25) is 5.91 Å². The quantitative estimate of drug-likeness (QED) is 0.179. The van der Waals surface area contributed by atoms with Crippen LogP contribution in [-0.4, -0.2) is 28.0 Å². The van der Waals surface area contributed by atoms with E-state index in [-0.39, 0.29) is 11.3 Å². The minimum Gasteiger partial charge on any atom is -0.371 e. The summed E-state index contributed by atoms with van der Waals surface area (Å²) in [6, 6.07) is 33.0. The summed E-state index contributed by atoms with van der Waals surface area (Å²) in [6.45, 7) is 2.61. The molecule has 2 heterocycles. The standard InChI is InChI=1S/C36H38N4O/c1-35(24-28-25-38-31-18-8-6-17-30(28)31,40-32-19-9-7-16-29(32)27-14-4-2-5-15-27)34(41)39-26-36(21-11-3-12-22-36)33-20-10-13-23-37-33/h2,4-10,13-20,23,25,38,40H,3,11-12,21-22,24,26H2,1H3,(H,39,41). The Kier molecular flexibility index (Phi) is 7.60. The summed E-state index contributed by atoms with van der Waals surface area (Å²) in [5, 5.41) is 8.29. The van der Waals surface area contributed by atoms with Crippen molar-refractivity contribution in [2.24, 2.45) is 0 Å². The van der Waals surface area contributed by atoms with Gasteiger partial charge in [-0.2, -0.15) is 0 Å². The van der Waals surface area contributed by atoms with Gasteiger partial charge in [0.25, 0.3) is 0 Å². The molecular formula is C36H38N4O. The van der Waals surface area contributed by atoms with Gasteiger partial charge in [0.1, 0.15) is 5.54 Å². The molecule has 5 heteroatoms. The molecule has 1 atom stereocenters. The van der Waals surface area contributed by atoms with Crippen molar-refractivity contribution in [3.05, 3.63) is 121 Å². The Morgan fingerprint density at radius 3 is 2.41 bits per heavy atom. The van der Waals surface area contributed by atoms with E-state index in [0.717, 1.165) is 64.7 Å². The van der Waals surface area contributed by atoms with Crippen LogP contribution in [0.5, 0.6) is 0 Å². The van der Waals surface area contributed by atoms with E-state index < -0.39 is 5.54 Å². The second-order valence-electron chi connectivity index (χ2n) is 11.6. The van der Waals surface area contributed by atoms with Crippen LogP contribution in [0.4, 0.5) is 5.69 Å². The molecule has 1 aliphatic carbocycles. The van der Waals surface area contributed by atoms with Crippen molar-refractivity contribution in [2.45, 2.75) is 56.4 Å². The topological polar surface area (TPSA) is 69.8 Å². The maximum Gasteiger partial charge on any atom is 0.245 e. The number of anilines is 1. The number of nitrogens with one attached hydrogen (secondary N) is 3. The molecule has 6 rings (SSSR count). The van der Waals surface area contributed by atoms with Crippen LogP contribution in [0.15, 0.2) is 109 Å². The molecular weight excluding hydrogens is 504 g/mol. The van der Waals surface area contributed by atoms with Crippen molar-refractivity contribution in [1.29, 1.82) is 0 Å². The Morgan fingerprint density at radius 1 is 0.878 bits per heavy atom. The van der Waals surface area contributed by atoms with E-state index in [1.54, 1.807) is 0 Å². The summed E-state index contributed by atoms with van der Waals surface area (Å²) in [7, 11) is 0. The first-order valence-corrected chi connectivity index (χ1v) is 14.7. The van der Waals surface area contributed by atoms with E-state index >= 15 is 0 Å². The van der Waals surface area contributed by atoms with Gasteiger partial charge in [-0.3, -0.25) is 9.78 Å². The lowest BCUT2D eigenvalue weighted by Gasteiger charge is -2.39. The highest BCUT2D eigenvalue weighted by molar-refractivity contribution is 5.93. The van der Waals surface area contributed by atoms with Gasteiger partial charge in [-0.15, -0.1) is 0 Å². The first-order chi connectivity index (χ1) is 20.1. The number of aromatic amines is 1. The number of rotatable bonds is 9. The zero-order chi connectivity index (χ0) is 28.1. The highest BCUT2D eigenvalue weighted by Gasteiger charge is 2.39. The molecule has 1 fully saturated rings. The van der Waals surface area contributed by atoms with Gasteiger partial charge in [0.15, 0.2) is 0 Å². The summed E-state index contributed by atoms with van der Waals surface area (Å²) >= 11 is 0. The van der Waals surface area contributed by atoms with Crippen molar-refractivity contribution in [1.82, 2.24) is 15.3 Å². The lowest BCUT2D eigenvalue weighted by molar-refractivity contribution is -0.125. The molecule has 0 bridgehead atoms. The van der Waals surface area contributed by atoms with E-state index in [2.05, 4.69) is 70.2 Å². The molecule has 5 aromatic rings. The highest BCUT2D eigenvalue weighted by atomic mass is 16.2. The zero-order valence-corrected chi connectivity index (χ0v) is 23.7. The number of H-pyrrole nitrogens is 1. The number of benzene rings is 3. The fourth-order valence-corrected chi connectivity index (χ4v) is 6.47. The van der Waals surface area contributed by atoms with Crippen LogP contribution in [-0.2, 0) is 16.6 Å². The monoisotopic (exact) mass is 542 g/mol. The van der Waals surface area contributed by atoms with Crippen molar-refractivity contribution in [3.8, 4) is 11.1 Å². The Bertz CT molecular complexity index is 1600. The molecule has 1 unspecified atom stereocenters. The normalized spacial score (nSPS) is 16.1. The maximum absolute atomic E-state index is 14.4. The largest absolute Gasteiger partial charge is 0.371 e. The van der Waals surface area contributed by atoms with Crippen LogP contribution in [0.2, 0.25) is 0 Å². The third-order valence-corrected chi connectivity index (χ3v) is 8.75. The number of pyridine rings is 1. The molecule has 1 amide bonds. The van der Waals surface area contributed by atoms with Gasteiger partial charge in [-0.1, -0.05) is 92.1 Å². The predicted octanol–water partition coefficient (Wildman–Crippen LogP) is 7.66. The highest BCUT2D eigenvalue weighted by Crippen LogP contribution is 2.38. The van der Waals surface area contributed by atoms with E-state index in [1.165, 1.54) is 6.42 Å². The predicted molar refractivity (Wildman–Crippen MR) is 168 cm³/mol. The lowest BCUT2D eigenvalue weighted by atomic mass is 9.71. The molecule has 208 valence electrons. The summed E-state index contributed by atoms with van der Waals surface area (Å²) in [4.78, 5) is 22.5. The van der Waals surface area contributed by atoms with Crippen molar-refractivity contribution in [3.63, 3.8) is 0 Å². The van der Waals surface area contributed by atoms with Gasteiger partial charge in [-0.05, 0) is 55.2 Å². The van der Waals surface area contributed by atoms with Crippen LogP contribution >= 0.6 is 0 Å². The zero-order valence-electron chi connectivity index (χ0n) is 23.7. The van der Waals surface area contributed by atoms with Crippen LogP contribution < -0.4 is 10.6 Å². The number of nitrogens with zero attached hydrogens (tertiary/aromatic N) is 1. The van der Waals surface area contributed by atoms with E-state index in [4.69, 9.17) is 4.98 Å². The fraction of sp³-hybridized carbons (Fsp3) is 0.278. The number of hydrogen-bond donors (Lipinski definition) is 3. The Hall–Kier alpha value is -4.38. The molecule has 3 aromatic carbocycles. The van der Waals surface area contributed by atoms with Gasteiger partial charge in [0, 0.05) is 58.6 Å².